The number of benzene rings is 1. The van der Waals surface area contributed by atoms with Crippen molar-refractivity contribution in [3.05, 3.63) is 34.6 Å². The molecule has 110 valence electrons. The third-order valence-electron chi connectivity index (χ3n) is 3.24. The number of hydrogen-bond donors (Lipinski definition) is 0. The van der Waals surface area contributed by atoms with Gasteiger partial charge in [-0.15, -0.1) is 0 Å². The molecule has 7 heteroatoms. The van der Waals surface area contributed by atoms with E-state index in [-0.39, 0.29) is 0 Å². The van der Waals surface area contributed by atoms with E-state index in [2.05, 4.69) is 21.4 Å². The zero-order chi connectivity index (χ0) is 15.2. The molecule has 0 aliphatic carbocycles. The molecule has 0 saturated heterocycles. The Hall–Kier alpha value is -2.04. The number of nitrogens with zero attached hydrogens (tertiary/aromatic N) is 6. The van der Waals surface area contributed by atoms with Crippen molar-refractivity contribution in [3.8, 4) is 11.8 Å². The fourth-order valence-electron chi connectivity index (χ4n) is 1.94. The molecule has 0 fully saturated rings. The summed E-state index contributed by atoms with van der Waals surface area (Å²) in [4.78, 5) is 2.10. The standard InChI is InChI=1S/C14H18N6S/c1-3-18(10-4-9-15)11-19-14(21)20(17-16-19)13-7-5-12(2)6-8-13/h5-8H,3-4,10-11H2,1-2H3. The van der Waals surface area contributed by atoms with Gasteiger partial charge in [0.15, 0.2) is 0 Å². The van der Waals surface area contributed by atoms with Crippen molar-refractivity contribution in [2.75, 3.05) is 13.1 Å². The maximum absolute atomic E-state index is 8.67. The van der Waals surface area contributed by atoms with Gasteiger partial charge in [-0.05, 0) is 48.2 Å². The number of tetrazole rings is 1. The van der Waals surface area contributed by atoms with Crippen LogP contribution in [0.25, 0.3) is 5.69 Å². The molecule has 0 bridgehead atoms. The molecule has 0 saturated carbocycles. The van der Waals surface area contributed by atoms with Crippen molar-refractivity contribution >= 4 is 12.2 Å². The van der Waals surface area contributed by atoms with Gasteiger partial charge < -0.3 is 0 Å². The molecular weight excluding hydrogens is 284 g/mol. The molecule has 0 N–H and O–H groups in total. The van der Waals surface area contributed by atoms with Crippen LogP contribution in [-0.4, -0.2) is 37.8 Å². The van der Waals surface area contributed by atoms with Crippen LogP contribution in [0.15, 0.2) is 24.3 Å². The second kappa shape index (κ2) is 7.11. The van der Waals surface area contributed by atoms with E-state index >= 15 is 0 Å². The van der Waals surface area contributed by atoms with Gasteiger partial charge in [-0.25, -0.2) is 4.68 Å². The van der Waals surface area contributed by atoms with Gasteiger partial charge in [0.25, 0.3) is 0 Å². The van der Waals surface area contributed by atoms with Gasteiger partial charge >= 0.3 is 0 Å². The highest BCUT2D eigenvalue weighted by molar-refractivity contribution is 7.71. The Morgan fingerprint density at radius 2 is 2.00 bits per heavy atom. The summed E-state index contributed by atoms with van der Waals surface area (Å²) in [7, 11) is 0. The average molecular weight is 302 g/mol. The maximum Gasteiger partial charge on any atom is 0.221 e. The highest BCUT2D eigenvalue weighted by atomic mass is 32.1. The predicted molar refractivity (Wildman–Crippen MR) is 82.4 cm³/mol. The zero-order valence-corrected chi connectivity index (χ0v) is 13.0. The Balaban J connectivity index is 2.19. The third-order valence-corrected chi connectivity index (χ3v) is 3.62. The van der Waals surface area contributed by atoms with E-state index in [0.717, 1.165) is 12.2 Å². The van der Waals surface area contributed by atoms with Crippen LogP contribution in [0.4, 0.5) is 0 Å². The SMILES string of the molecule is CCN(CCC#N)Cn1nnn(-c2ccc(C)cc2)c1=S. The molecule has 1 aromatic heterocycles. The highest BCUT2D eigenvalue weighted by Gasteiger charge is 2.09. The number of aromatic nitrogens is 4. The molecule has 0 aliphatic rings. The van der Waals surface area contributed by atoms with Gasteiger partial charge in [-0.2, -0.15) is 9.94 Å². The summed E-state index contributed by atoms with van der Waals surface area (Å²) in [6, 6.07) is 10.1. The Labute approximate surface area is 129 Å². The first-order chi connectivity index (χ1) is 10.2. The van der Waals surface area contributed by atoms with Crippen LogP contribution < -0.4 is 0 Å². The molecule has 0 atom stereocenters. The fourth-order valence-corrected chi connectivity index (χ4v) is 2.17. The normalized spacial score (nSPS) is 10.8. The molecule has 21 heavy (non-hydrogen) atoms. The van der Waals surface area contributed by atoms with Gasteiger partial charge in [0, 0.05) is 13.0 Å². The van der Waals surface area contributed by atoms with Crippen molar-refractivity contribution in [3.63, 3.8) is 0 Å². The topological polar surface area (TPSA) is 62.7 Å². The Kier molecular flexibility index (Phi) is 5.20. The van der Waals surface area contributed by atoms with Gasteiger partial charge in [0.2, 0.25) is 4.77 Å². The molecule has 0 unspecified atom stereocenters. The summed E-state index contributed by atoms with van der Waals surface area (Å²) < 4.78 is 3.87. The van der Waals surface area contributed by atoms with Crippen LogP contribution in [0, 0.1) is 23.0 Å². The number of hydrogen-bond acceptors (Lipinski definition) is 5. The summed E-state index contributed by atoms with van der Waals surface area (Å²) in [5.74, 6) is 0. The number of aryl methyl sites for hydroxylation is 1. The molecule has 0 radical (unpaired) electrons. The largest absolute Gasteiger partial charge is 0.284 e. The van der Waals surface area contributed by atoms with Gasteiger partial charge in [-0.3, -0.25) is 4.90 Å². The summed E-state index contributed by atoms with van der Waals surface area (Å²) in [5.41, 5.74) is 2.09. The van der Waals surface area contributed by atoms with Crippen molar-refractivity contribution in [1.29, 1.82) is 5.26 Å². The quantitative estimate of drug-likeness (QED) is 0.766. The van der Waals surface area contributed by atoms with E-state index in [1.54, 1.807) is 9.36 Å². The van der Waals surface area contributed by atoms with Gasteiger partial charge in [0.05, 0.1) is 18.4 Å². The summed E-state index contributed by atoms with van der Waals surface area (Å²) in [5, 5.41) is 16.9. The molecule has 0 spiro atoms. The zero-order valence-electron chi connectivity index (χ0n) is 12.2. The van der Waals surface area contributed by atoms with E-state index in [9.17, 15) is 0 Å². The molecule has 6 nitrogen and oxygen atoms in total. The minimum Gasteiger partial charge on any atom is -0.284 e. The Bertz CT molecular complexity index is 679. The molecule has 1 heterocycles. The lowest BCUT2D eigenvalue weighted by molar-refractivity contribution is 0.219. The average Bonchev–Trinajstić information content (AvgIpc) is 2.85. The van der Waals surface area contributed by atoms with Crippen molar-refractivity contribution in [2.45, 2.75) is 26.9 Å². The van der Waals surface area contributed by atoms with Crippen molar-refractivity contribution in [2.24, 2.45) is 0 Å². The van der Waals surface area contributed by atoms with E-state index in [4.69, 9.17) is 17.5 Å². The predicted octanol–water partition coefficient (Wildman–Crippen LogP) is 2.30. The smallest absolute Gasteiger partial charge is 0.221 e. The molecular formula is C14H18N6S. The van der Waals surface area contributed by atoms with E-state index in [1.807, 2.05) is 38.1 Å². The first-order valence-electron chi connectivity index (χ1n) is 6.85. The van der Waals surface area contributed by atoms with Crippen molar-refractivity contribution in [1.82, 2.24) is 24.7 Å². The summed E-state index contributed by atoms with van der Waals surface area (Å²) in [6.07, 6.45) is 0.493. The number of rotatable bonds is 6. The Morgan fingerprint density at radius 1 is 1.29 bits per heavy atom. The third kappa shape index (κ3) is 3.74. The minimum atomic E-state index is 0.493. The fraction of sp³-hybridized carbons (Fsp3) is 0.429. The lowest BCUT2D eigenvalue weighted by Gasteiger charge is -2.17. The minimum absolute atomic E-state index is 0.493. The summed E-state index contributed by atoms with van der Waals surface area (Å²) >= 11 is 5.43. The van der Waals surface area contributed by atoms with Crippen LogP contribution in [0.1, 0.15) is 18.9 Å². The van der Waals surface area contributed by atoms with Crippen LogP contribution >= 0.6 is 12.2 Å². The first-order valence-corrected chi connectivity index (χ1v) is 7.25. The van der Waals surface area contributed by atoms with Crippen LogP contribution in [0.2, 0.25) is 0 Å². The lowest BCUT2D eigenvalue weighted by Crippen LogP contribution is -2.28. The summed E-state index contributed by atoms with van der Waals surface area (Å²) in [6.45, 7) is 6.16. The second-order valence-corrected chi connectivity index (χ2v) is 5.13. The molecule has 1 aromatic carbocycles. The monoisotopic (exact) mass is 302 g/mol. The van der Waals surface area contributed by atoms with E-state index in [0.29, 0.717) is 24.4 Å². The van der Waals surface area contributed by atoms with Crippen LogP contribution in [0.5, 0.6) is 0 Å². The van der Waals surface area contributed by atoms with Crippen molar-refractivity contribution < 1.29 is 0 Å². The molecule has 0 amide bonds. The maximum atomic E-state index is 8.67. The van der Waals surface area contributed by atoms with E-state index in [1.165, 1.54) is 5.56 Å². The highest BCUT2D eigenvalue weighted by Crippen LogP contribution is 2.08. The first kappa shape index (κ1) is 15.4. The van der Waals surface area contributed by atoms with Crippen LogP contribution in [-0.2, 0) is 6.67 Å². The van der Waals surface area contributed by atoms with Gasteiger partial charge in [-0.1, -0.05) is 24.6 Å². The molecule has 2 aromatic rings. The molecule has 2 rings (SSSR count). The number of nitriles is 1. The molecule has 0 aliphatic heterocycles. The van der Waals surface area contributed by atoms with E-state index < -0.39 is 0 Å². The van der Waals surface area contributed by atoms with Gasteiger partial charge in [0.1, 0.15) is 0 Å². The Morgan fingerprint density at radius 3 is 2.62 bits per heavy atom. The lowest BCUT2D eigenvalue weighted by atomic mass is 10.2. The second-order valence-electron chi connectivity index (χ2n) is 4.77. The van der Waals surface area contributed by atoms with Crippen LogP contribution in [0.3, 0.4) is 0 Å².